The first-order chi connectivity index (χ1) is 6.36. The van der Waals surface area contributed by atoms with Crippen LogP contribution in [-0.4, -0.2) is 43.3 Å². The molecule has 0 amide bonds. The monoisotopic (exact) mass is 186 g/mol. The second-order valence-electron chi connectivity index (χ2n) is 4.23. The van der Waals surface area contributed by atoms with Gasteiger partial charge in [-0.15, -0.1) is 0 Å². The third kappa shape index (κ3) is 2.41. The second kappa shape index (κ2) is 4.38. The normalized spacial score (nSPS) is 37.6. The van der Waals surface area contributed by atoms with E-state index >= 15 is 0 Å². The van der Waals surface area contributed by atoms with E-state index in [9.17, 15) is 4.39 Å². The van der Waals surface area contributed by atoms with Gasteiger partial charge in [0.05, 0.1) is 0 Å². The zero-order valence-electron chi connectivity index (χ0n) is 8.14. The SMILES string of the molecule is FC1CCN(C2CCCCNC2)C1. The topological polar surface area (TPSA) is 15.3 Å². The molecular formula is C10H19FN2. The van der Waals surface area contributed by atoms with Gasteiger partial charge in [0.25, 0.3) is 0 Å². The lowest BCUT2D eigenvalue weighted by Crippen LogP contribution is -2.40. The Balaban J connectivity index is 1.84. The molecule has 13 heavy (non-hydrogen) atoms. The van der Waals surface area contributed by atoms with Crippen molar-refractivity contribution < 1.29 is 4.39 Å². The van der Waals surface area contributed by atoms with E-state index in [4.69, 9.17) is 0 Å². The Morgan fingerprint density at radius 3 is 2.92 bits per heavy atom. The number of nitrogens with zero attached hydrogens (tertiary/aromatic N) is 1. The smallest absolute Gasteiger partial charge is 0.114 e. The lowest BCUT2D eigenvalue weighted by molar-refractivity contribution is 0.211. The molecule has 2 fully saturated rings. The highest BCUT2D eigenvalue weighted by Gasteiger charge is 2.27. The van der Waals surface area contributed by atoms with Gasteiger partial charge in [0.1, 0.15) is 6.17 Å². The van der Waals surface area contributed by atoms with Gasteiger partial charge in [0.15, 0.2) is 0 Å². The van der Waals surface area contributed by atoms with Crippen molar-refractivity contribution in [2.24, 2.45) is 0 Å². The molecule has 0 aliphatic carbocycles. The average Bonchev–Trinajstić information content (AvgIpc) is 2.43. The Bertz CT molecular complexity index is 155. The van der Waals surface area contributed by atoms with E-state index in [-0.39, 0.29) is 0 Å². The molecule has 2 aliphatic rings. The molecule has 2 nitrogen and oxygen atoms in total. The summed E-state index contributed by atoms with van der Waals surface area (Å²) in [5.41, 5.74) is 0. The van der Waals surface area contributed by atoms with Gasteiger partial charge in [-0.25, -0.2) is 4.39 Å². The van der Waals surface area contributed by atoms with Crippen LogP contribution in [0.25, 0.3) is 0 Å². The van der Waals surface area contributed by atoms with Crippen molar-refractivity contribution in [2.75, 3.05) is 26.2 Å². The van der Waals surface area contributed by atoms with Gasteiger partial charge in [0, 0.05) is 25.7 Å². The van der Waals surface area contributed by atoms with Crippen LogP contribution in [0.15, 0.2) is 0 Å². The van der Waals surface area contributed by atoms with Gasteiger partial charge in [-0.05, 0) is 25.8 Å². The van der Waals surface area contributed by atoms with Gasteiger partial charge in [-0.1, -0.05) is 6.42 Å². The molecule has 3 heteroatoms. The molecule has 2 unspecified atom stereocenters. The minimum absolute atomic E-state index is 0.566. The van der Waals surface area contributed by atoms with Crippen molar-refractivity contribution in [3.63, 3.8) is 0 Å². The van der Waals surface area contributed by atoms with E-state index in [1.807, 2.05) is 0 Å². The third-order valence-electron chi connectivity index (χ3n) is 3.20. The highest BCUT2D eigenvalue weighted by atomic mass is 19.1. The van der Waals surface area contributed by atoms with Gasteiger partial charge in [-0.3, -0.25) is 4.90 Å². The predicted octanol–water partition coefficient (Wildman–Crippen LogP) is 1.17. The van der Waals surface area contributed by atoms with Crippen LogP contribution in [0.2, 0.25) is 0 Å². The minimum Gasteiger partial charge on any atom is -0.315 e. The highest BCUT2D eigenvalue weighted by molar-refractivity contribution is 4.83. The predicted molar refractivity (Wildman–Crippen MR) is 51.6 cm³/mol. The molecule has 2 saturated heterocycles. The minimum atomic E-state index is -0.566. The number of hydrogen-bond donors (Lipinski definition) is 1. The van der Waals surface area contributed by atoms with Crippen molar-refractivity contribution in [1.82, 2.24) is 10.2 Å². The zero-order chi connectivity index (χ0) is 9.10. The first kappa shape index (κ1) is 9.41. The quantitative estimate of drug-likeness (QED) is 0.661. The summed E-state index contributed by atoms with van der Waals surface area (Å²) < 4.78 is 13.0. The van der Waals surface area contributed by atoms with E-state index in [1.165, 1.54) is 19.3 Å². The maximum atomic E-state index is 13.0. The fourth-order valence-corrected chi connectivity index (χ4v) is 2.39. The van der Waals surface area contributed by atoms with E-state index in [0.717, 1.165) is 26.1 Å². The molecule has 2 atom stereocenters. The first-order valence-electron chi connectivity index (χ1n) is 5.45. The Kier molecular flexibility index (Phi) is 3.17. The third-order valence-corrected chi connectivity index (χ3v) is 3.20. The van der Waals surface area contributed by atoms with Crippen LogP contribution >= 0.6 is 0 Å². The number of nitrogens with one attached hydrogen (secondary N) is 1. The van der Waals surface area contributed by atoms with Crippen LogP contribution in [0.4, 0.5) is 4.39 Å². The summed E-state index contributed by atoms with van der Waals surface area (Å²) >= 11 is 0. The lowest BCUT2D eigenvalue weighted by atomic mass is 10.1. The van der Waals surface area contributed by atoms with Crippen molar-refractivity contribution >= 4 is 0 Å². The molecule has 2 heterocycles. The maximum absolute atomic E-state index is 13.0. The number of alkyl halides is 1. The van der Waals surface area contributed by atoms with Crippen molar-refractivity contribution in [1.29, 1.82) is 0 Å². The van der Waals surface area contributed by atoms with Gasteiger partial charge in [-0.2, -0.15) is 0 Å². The Labute approximate surface area is 79.5 Å². The molecule has 0 aromatic carbocycles. The number of likely N-dealkylation sites (tertiary alicyclic amines) is 1. The Hall–Kier alpha value is -0.150. The Morgan fingerprint density at radius 2 is 2.15 bits per heavy atom. The summed E-state index contributed by atoms with van der Waals surface area (Å²) in [5.74, 6) is 0. The Morgan fingerprint density at radius 1 is 1.23 bits per heavy atom. The van der Waals surface area contributed by atoms with E-state index < -0.39 is 6.17 Å². The second-order valence-corrected chi connectivity index (χ2v) is 4.23. The molecule has 0 aromatic heterocycles. The standard InChI is InChI=1S/C10H19FN2/c11-9-4-6-13(8-9)10-3-1-2-5-12-7-10/h9-10,12H,1-8H2. The molecule has 0 saturated carbocycles. The summed E-state index contributed by atoms with van der Waals surface area (Å²) in [6, 6.07) is 0.600. The highest BCUT2D eigenvalue weighted by Crippen LogP contribution is 2.19. The van der Waals surface area contributed by atoms with Crippen LogP contribution < -0.4 is 5.32 Å². The number of hydrogen-bond acceptors (Lipinski definition) is 2. The van der Waals surface area contributed by atoms with Crippen LogP contribution in [0.5, 0.6) is 0 Å². The lowest BCUT2D eigenvalue weighted by Gasteiger charge is -2.25. The summed E-state index contributed by atoms with van der Waals surface area (Å²) in [4.78, 5) is 2.32. The first-order valence-corrected chi connectivity index (χ1v) is 5.45. The zero-order valence-corrected chi connectivity index (χ0v) is 8.14. The number of rotatable bonds is 1. The summed E-state index contributed by atoms with van der Waals surface area (Å²) in [6.07, 6.45) is 4.01. The fraction of sp³-hybridized carbons (Fsp3) is 1.00. The summed E-state index contributed by atoms with van der Waals surface area (Å²) in [6.45, 7) is 3.84. The molecule has 2 aliphatic heterocycles. The van der Waals surface area contributed by atoms with Crippen LogP contribution in [0.3, 0.4) is 0 Å². The fourth-order valence-electron chi connectivity index (χ4n) is 2.39. The van der Waals surface area contributed by atoms with Crippen LogP contribution in [0, 0.1) is 0 Å². The van der Waals surface area contributed by atoms with Crippen molar-refractivity contribution in [3.8, 4) is 0 Å². The molecule has 0 radical (unpaired) electrons. The van der Waals surface area contributed by atoms with Crippen LogP contribution in [0.1, 0.15) is 25.7 Å². The molecule has 2 rings (SSSR count). The van der Waals surface area contributed by atoms with Crippen LogP contribution in [-0.2, 0) is 0 Å². The average molecular weight is 186 g/mol. The van der Waals surface area contributed by atoms with Gasteiger partial charge in [0.2, 0.25) is 0 Å². The van der Waals surface area contributed by atoms with Gasteiger partial charge < -0.3 is 5.32 Å². The molecule has 0 spiro atoms. The van der Waals surface area contributed by atoms with E-state index in [1.54, 1.807) is 0 Å². The maximum Gasteiger partial charge on any atom is 0.114 e. The molecule has 1 N–H and O–H groups in total. The molecule has 0 aromatic rings. The van der Waals surface area contributed by atoms with Gasteiger partial charge >= 0.3 is 0 Å². The van der Waals surface area contributed by atoms with Crippen molar-refractivity contribution in [2.45, 2.75) is 37.9 Å². The summed E-state index contributed by atoms with van der Waals surface area (Å²) in [7, 11) is 0. The molecule has 76 valence electrons. The van der Waals surface area contributed by atoms with E-state index in [2.05, 4.69) is 10.2 Å². The number of halogens is 1. The molecular weight excluding hydrogens is 167 g/mol. The van der Waals surface area contributed by atoms with Crippen molar-refractivity contribution in [3.05, 3.63) is 0 Å². The molecule has 0 bridgehead atoms. The van der Waals surface area contributed by atoms with E-state index in [0.29, 0.717) is 12.6 Å². The summed E-state index contributed by atoms with van der Waals surface area (Å²) in [5, 5.41) is 3.42. The largest absolute Gasteiger partial charge is 0.315 e.